The number of carbonyl (C=O) groups is 1. The molecule has 4 nitrogen and oxygen atoms in total. The summed E-state index contributed by atoms with van der Waals surface area (Å²) in [5, 5.41) is 0. The Morgan fingerprint density at radius 2 is 1.67 bits per heavy atom. The van der Waals surface area contributed by atoms with Crippen LogP contribution in [0.15, 0.2) is 95.0 Å². The Morgan fingerprint density at radius 1 is 0.967 bits per heavy atom. The summed E-state index contributed by atoms with van der Waals surface area (Å²) in [5.74, 6) is -0.539. The Morgan fingerprint density at radius 3 is 2.33 bits per heavy atom. The molecule has 0 aromatic heterocycles. The summed E-state index contributed by atoms with van der Waals surface area (Å²) >= 11 is 0. The lowest BCUT2D eigenvalue weighted by molar-refractivity contribution is -0.112. The smallest absolute Gasteiger partial charge is 0.259 e. The van der Waals surface area contributed by atoms with Gasteiger partial charge in [0.05, 0.1) is 12.1 Å². The summed E-state index contributed by atoms with van der Waals surface area (Å²) in [7, 11) is -3.29. The standard InChI is InChI=1S/C24H20FNO3S/c1-30(28,29)21-9-5-8-17(10-15-21)22-16-26(20-13-11-19(25)12-14-20)24(27)23(22)18-6-3-2-4-7-18/h2-8,10-15H,9,16H2,1H3. The van der Waals surface area contributed by atoms with Crippen LogP contribution < -0.4 is 4.90 Å². The highest BCUT2D eigenvalue weighted by Crippen LogP contribution is 2.36. The second-order valence-electron chi connectivity index (χ2n) is 7.22. The molecule has 2 aromatic rings. The third-order valence-electron chi connectivity index (χ3n) is 5.17. The first-order valence-corrected chi connectivity index (χ1v) is 11.4. The predicted molar refractivity (Wildman–Crippen MR) is 117 cm³/mol. The van der Waals surface area contributed by atoms with Gasteiger partial charge in [-0.3, -0.25) is 4.79 Å². The molecule has 0 atom stereocenters. The number of nitrogens with zero attached hydrogens (tertiary/aromatic N) is 1. The number of sulfone groups is 1. The van der Waals surface area contributed by atoms with Gasteiger partial charge < -0.3 is 4.90 Å². The molecule has 30 heavy (non-hydrogen) atoms. The molecule has 6 heteroatoms. The van der Waals surface area contributed by atoms with Gasteiger partial charge in [-0.05, 0) is 47.1 Å². The van der Waals surface area contributed by atoms with Crippen LogP contribution in [0.4, 0.5) is 10.1 Å². The number of rotatable bonds is 4. The molecule has 2 aromatic carbocycles. The number of hydrogen-bond acceptors (Lipinski definition) is 3. The summed E-state index contributed by atoms with van der Waals surface area (Å²) in [6.07, 6.45) is 8.50. The molecule has 2 aliphatic rings. The van der Waals surface area contributed by atoms with E-state index in [4.69, 9.17) is 0 Å². The van der Waals surface area contributed by atoms with Crippen molar-refractivity contribution < 1.29 is 17.6 Å². The Hall–Kier alpha value is -3.25. The molecule has 1 aliphatic heterocycles. The Bertz CT molecular complexity index is 1220. The molecule has 4 rings (SSSR count). The molecular weight excluding hydrogens is 401 g/mol. The van der Waals surface area contributed by atoms with E-state index in [0.717, 1.165) is 16.7 Å². The zero-order chi connectivity index (χ0) is 21.3. The van der Waals surface area contributed by atoms with Crippen LogP contribution in [0.5, 0.6) is 0 Å². The van der Waals surface area contributed by atoms with Gasteiger partial charge in [0.15, 0.2) is 9.84 Å². The average Bonchev–Trinajstić information content (AvgIpc) is 2.90. The lowest BCUT2D eigenvalue weighted by Gasteiger charge is -2.17. The number of carbonyl (C=O) groups excluding carboxylic acids is 1. The van der Waals surface area contributed by atoms with Crippen LogP contribution in [0.25, 0.3) is 5.57 Å². The minimum atomic E-state index is -3.29. The van der Waals surface area contributed by atoms with Gasteiger partial charge in [-0.15, -0.1) is 0 Å². The van der Waals surface area contributed by atoms with Crippen molar-refractivity contribution in [3.05, 3.63) is 106 Å². The van der Waals surface area contributed by atoms with Crippen LogP contribution in [0.2, 0.25) is 0 Å². The number of anilines is 1. The minimum absolute atomic E-state index is 0.173. The van der Waals surface area contributed by atoms with Crippen LogP contribution in [0.3, 0.4) is 0 Å². The molecule has 0 saturated carbocycles. The zero-order valence-electron chi connectivity index (χ0n) is 16.4. The quantitative estimate of drug-likeness (QED) is 0.733. The molecule has 152 valence electrons. The number of allylic oxidation sites excluding steroid dienone is 5. The fourth-order valence-electron chi connectivity index (χ4n) is 3.63. The highest BCUT2D eigenvalue weighted by molar-refractivity contribution is 7.94. The normalized spacial score (nSPS) is 17.1. The highest BCUT2D eigenvalue weighted by Gasteiger charge is 2.33. The largest absolute Gasteiger partial charge is 0.304 e. The van der Waals surface area contributed by atoms with E-state index in [-0.39, 0.29) is 11.7 Å². The summed E-state index contributed by atoms with van der Waals surface area (Å²) < 4.78 is 37.2. The van der Waals surface area contributed by atoms with Crippen LogP contribution in [-0.4, -0.2) is 27.1 Å². The molecule has 0 unspecified atom stereocenters. The van der Waals surface area contributed by atoms with Gasteiger partial charge in [0.2, 0.25) is 0 Å². The molecule has 1 heterocycles. The van der Waals surface area contributed by atoms with Crippen molar-refractivity contribution in [3.63, 3.8) is 0 Å². The van der Waals surface area contributed by atoms with Gasteiger partial charge in [-0.2, -0.15) is 0 Å². The number of halogens is 1. The van der Waals surface area contributed by atoms with Crippen molar-refractivity contribution in [1.82, 2.24) is 0 Å². The third-order valence-corrected chi connectivity index (χ3v) is 6.42. The SMILES string of the molecule is CS(=O)(=O)C1=CC=C(C2=C(c3ccccc3)C(=O)N(c3ccc(F)cc3)C2)C=CC1. The van der Waals surface area contributed by atoms with Gasteiger partial charge >= 0.3 is 0 Å². The molecule has 0 radical (unpaired) electrons. The van der Waals surface area contributed by atoms with Crippen molar-refractivity contribution in [2.24, 2.45) is 0 Å². The fourth-order valence-corrected chi connectivity index (χ4v) is 4.34. The van der Waals surface area contributed by atoms with Crippen molar-refractivity contribution in [2.45, 2.75) is 6.42 Å². The van der Waals surface area contributed by atoms with E-state index in [2.05, 4.69) is 0 Å². The predicted octanol–water partition coefficient (Wildman–Crippen LogP) is 4.44. The first kappa shape index (κ1) is 20.0. The van der Waals surface area contributed by atoms with Gasteiger partial charge in [-0.25, -0.2) is 12.8 Å². The summed E-state index contributed by atoms with van der Waals surface area (Å²) in [4.78, 5) is 15.3. The molecule has 0 spiro atoms. The van der Waals surface area contributed by atoms with Crippen LogP contribution >= 0.6 is 0 Å². The maximum atomic E-state index is 13.4. The van der Waals surface area contributed by atoms with Gasteiger partial charge in [0.25, 0.3) is 5.91 Å². The number of benzene rings is 2. The molecule has 1 aliphatic carbocycles. The highest BCUT2D eigenvalue weighted by atomic mass is 32.2. The van der Waals surface area contributed by atoms with Crippen LogP contribution in [-0.2, 0) is 14.6 Å². The first-order valence-electron chi connectivity index (χ1n) is 9.48. The third kappa shape index (κ3) is 3.91. The van der Waals surface area contributed by atoms with Crippen molar-refractivity contribution in [3.8, 4) is 0 Å². The van der Waals surface area contributed by atoms with Crippen molar-refractivity contribution in [2.75, 3.05) is 17.7 Å². The average molecular weight is 421 g/mol. The lowest BCUT2D eigenvalue weighted by Crippen LogP contribution is -2.26. The Kier molecular flexibility index (Phi) is 5.26. The second-order valence-corrected chi connectivity index (χ2v) is 9.29. The molecule has 0 fully saturated rings. The van der Waals surface area contributed by atoms with E-state index < -0.39 is 9.84 Å². The Balaban J connectivity index is 1.82. The summed E-state index contributed by atoms with van der Waals surface area (Å²) in [6.45, 7) is 0.312. The molecule has 1 amide bonds. The molecule has 0 N–H and O–H groups in total. The summed E-state index contributed by atoms with van der Waals surface area (Å²) in [5.41, 5.74) is 3.54. The number of hydrogen-bond donors (Lipinski definition) is 0. The van der Waals surface area contributed by atoms with Crippen LogP contribution in [0.1, 0.15) is 12.0 Å². The maximum Gasteiger partial charge on any atom is 0.259 e. The van der Waals surface area contributed by atoms with E-state index in [0.29, 0.717) is 29.1 Å². The van der Waals surface area contributed by atoms with E-state index in [9.17, 15) is 17.6 Å². The maximum absolute atomic E-state index is 13.4. The van der Waals surface area contributed by atoms with E-state index in [1.54, 1.807) is 35.3 Å². The van der Waals surface area contributed by atoms with Gasteiger partial charge in [-0.1, -0.05) is 48.6 Å². The van der Waals surface area contributed by atoms with Gasteiger partial charge in [0, 0.05) is 23.3 Å². The Labute approximate surface area is 175 Å². The van der Waals surface area contributed by atoms with Crippen LogP contribution in [0, 0.1) is 5.82 Å². The monoisotopic (exact) mass is 421 g/mol. The molecule has 0 saturated heterocycles. The minimum Gasteiger partial charge on any atom is -0.304 e. The topological polar surface area (TPSA) is 54.5 Å². The second kappa shape index (κ2) is 7.88. The van der Waals surface area contributed by atoms with E-state index in [1.165, 1.54) is 18.4 Å². The van der Waals surface area contributed by atoms with Gasteiger partial charge in [0.1, 0.15) is 5.82 Å². The zero-order valence-corrected chi connectivity index (χ0v) is 17.2. The first-order chi connectivity index (χ1) is 14.3. The molecular formula is C24H20FNO3S. The van der Waals surface area contributed by atoms with Crippen molar-refractivity contribution in [1.29, 1.82) is 0 Å². The van der Waals surface area contributed by atoms with E-state index in [1.807, 2.05) is 36.4 Å². The van der Waals surface area contributed by atoms with Crippen molar-refractivity contribution >= 4 is 27.0 Å². The number of amides is 1. The summed E-state index contributed by atoms with van der Waals surface area (Å²) in [6, 6.07) is 15.2. The fraction of sp³-hybridized carbons (Fsp3) is 0.125. The lowest BCUT2D eigenvalue weighted by atomic mass is 9.96. The molecule has 0 bridgehead atoms. The van der Waals surface area contributed by atoms with E-state index >= 15 is 0 Å².